The number of carbonyl (C=O) groups excluding carboxylic acids is 1. The maximum atomic E-state index is 13.2. The number of hydrogen-bond acceptors (Lipinski definition) is 4. The molecule has 0 radical (unpaired) electrons. The molecule has 0 saturated carbocycles. The van der Waals surface area contributed by atoms with E-state index in [4.69, 9.17) is 16.3 Å². The summed E-state index contributed by atoms with van der Waals surface area (Å²) in [6.45, 7) is 2.38. The standard InChI is InChI=1S/C25H23ClF3N3O2/c1-2-34-24(33)23(31-30-22-15-20(25(27,28)29)13-14-21(22)26)32(16-18-9-5-3-6-10-18)17-19-11-7-4-8-12-19/h3-15,30H,2,16-17H2,1H3/b31-23+. The molecule has 9 heteroatoms. The molecule has 0 fully saturated rings. The van der Waals surface area contributed by atoms with E-state index < -0.39 is 17.7 Å². The van der Waals surface area contributed by atoms with E-state index in [1.807, 2.05) is 60.7 Å². The molecule has 0 aliphatic rings. The summed E-state index contributed by atoms with van der Waals surface area (Å²) in [7, 11) is 0. The molecule has 0 aliphatic carbocycles. The third kappa shape index (κ3) is 6.99. The SMILES string of the molecule is CCOC(=O)/C(=N\Nc1cc(C(F)(F)F)ccc1Cl)N(Cc1ccccc1)Cc1ccccc1. The van der Waals surface area contributed by atoms with Crippen LogP contribution in [0.5, 0.6) is 0 Å². The zero-order chi connectivity index (χ0) is 24.6. The second-order valence-electron chi connectivity index (χ2n) is 7.29. The molecule has 0 bridgehead atoms. The van der Waals surface area contributed by atoms with Crippen molar-refractivity contribution in [1.29, 1.82) is 0 Å². The zero-order valence-corrected chi connectivity index (χ0v) is 19.1. The van der Waals surface area contributed by atoms with E-state index in [-0.39, 0.29) is 23.2 Å². The summed E-state index contributed by atoms with van der Waals surface area (Å²) >= 11 is 6.08. The van der Waals surface area contributed by atoms with Crippen LogP contribution in [0.2, 0.25) is 5.02 Å². The summed E-state index contributed by atoms with van der Waals surface area (Å²) in [6, 6.07) is 21.7. The van der Waals surface area contributed by atoms with Gasteiger partial charge in [0.15, 0.2) is 0 Å². The van der Waals surface area contributed by atoms with Gasteiger partial charge in [-0.3, -0.25) is 5.43 Å². The van der Waals surface area contributed by atoms with Crippen molar-refractivity contribution < 1.29 is 22.7 Å². The molecule has 3 aromatic carbocycles. The monoisotopic (exact) mass is 489 g/mol. The highest BCUT2D eigenvalue weighted by atomic mass is 35.5. The summed E-state index contributed by atoms with van der Waals surface area (Å²) in [6.07, 6.45) is -4.55. The van der Waals surface area contributed by atoms with Crippen LogP contribution in [-0.2, 0) is 28.8 Å². The number of nitrogens with one attached hydrogen (secondary N) is 1. The molecule has 0 amide bonds. The van der Waals surface area contributed by atoms with Crippen molar-refractivity contribution in [3.63, 3.8) is 0 Å². The fourth-order valence-electron chi connectivity index (χ4n) is 3.15. The van der Waals surface area contributed by atoms with Crippen molar-refractivity contribution in [3.8, 4) is 0 Å². The number of esters is 1. The Morgan fingerprint density at radius 2 is 1.53 bits per heavy atom. The van der Waals surface area contributed by atoms with Gasteiger partial charge in [-0.2, -0.15) is 13.2 Å². The van der Waals surface area contributed by atoms with E-state index in [9.17, 15) is 18.0 Å². The lowest BCUT2D eigenvalue weighted by atomic mass is 10.1. The van der Waals surface area contributed by atoms with Crippen molar-refractivity contribution in [3.05, 3.63) is 101 Å². The number of ether oxygens (including phenoxy) is 1. The molecule has 1 N–H and O–H groups in total. The molecule has 0 heterocycles. The summed E-state index contributed by atoms with van der Waals surface area (Å²) in [4.78, 5) is 14.5. The summed E-state index contributed by atoms with van der Waals surface area (Å²) in [5, 5.41) is 4.18. The first kappa shape index (κ1) is 25.1. The molecule has 3 aromatic rings. The summed E-state index contributed by atoms with van der Waals surface area (Å²) in [5.41, 5.74) is 3.37. The molecule has 0 spiro atoms. The Balaban J connectivity index is 1.99. The molecule has 34 heavy (non-hydrogen) atoms. The topological polar surface area (TPSA) is 53.9 Å². The molecule has 0 atom stereocenters. The van der Waals surface area contributed by atoms with E-state index in [0.717, 1.165) is 29.3 Å². The van der Waals surface area contributed by atoms with E-state index in [2.05, 4.69) is 10.5 Å². The van der Waals surface area contributed by atoms with Gasteiger partial charge in [-0.1, -0.05) is 72.3 Å². The van der Waals surface area contributed by atoms with E-state index in [0.29, 0.717) is 13.1 Å². The highest BCUT2D eigenvalue weighted by molar-refractivity contribution is 6.35. The van der Waals surface area contributed by atoms with Crippen molar-refractivity contribution in [2.45, 2.75) is 26.2 Å². The van der Waals surface area contributed by atoms with Crippen molar-refractivity contribution >= 4 is 29.1 Å². The lowest BCUT2D eigenvalue weighted by Gasteiger charge is -2.25. The van der Waals surface area contributed by atoms with Gasteiger partial charge in [0.05, 0.1) is 22.9 Å². The molecule has 0 aromatic heterocycles. The van der Waals surface area contributed by atoms with Gasteiger partial charge in [-0.15, -0.1) is 5.10 Å². The Morgan fingerprint density at radius 3 is 2.03 bits per heavy atom. The van der Waals surface area contributed by atoms with Gasteiger partial charge in [0, 0.05) is 13.1 Å². The first-order chi connectivity index (χ1) is 16.3. The normalized spacial score (nSPS) is 11.7. The number of alkyl halides is 3. The third-order valence-electron chi connectivity index (χ3n) is 4.77. The van der Waals surface area contributed by atoms with Gasteiger partial charge in [-0.05, 0) is 36.2 Å². The van der Waals surface area contributed by atoms with Crippen LogP contribution in [0.4, 0.5) is 18.9 Å². The van der Waals surface area contributed by atoms with Gasteiger partial charge in [0.25, 0.3) is 0 Å². The Hall–Kier alpha value is -3.52. The highest BCUT2D eigenvalue weighted by Crippen LogP contribution is 2.33. The maximum absolute atomic E-state index is 13.2. The number of anilines is 1. The van der Waals surface area contributed by atoms with E-state index in [1.165, 1.54) is 0 Å². The number of benzene rings is 3. The van der Waals surface area contributed by atoms with Crippen LogP contribution in [0.15, 0.2) is 84.0 Å². The Kier molecular flexibility index (Phi) is 8.54. The van der Waals surface area contributed by atoms with Crippen LogP contribution in [0, 0.1) is 0 Å². The van der Waals surface area contributed by atoms with Crippen molar-refractivity contribution in [1.82, 2.24) is 4.90 Å². The Morgan fingerprint density at radius 1 is 0.971 bits per heavy atom. The van der Waals surface area contributed by atoms with Gasteiger partial charge in [0.2, 0.25) is 5.84 Å². The molecule has 3 rings (SSSR count). The van der Waals surface area contributed by atoms with Crippen LogP contribution in [0.3, 0.4) is 0 Å². The Labute approximate surface area is 200 Å². The summed E-state index contributed by atoms with van der Waals surface area (Å²) < 4.78 is 44.6. The van der Waals surface area contributed by atoms with Gasteiger partial charge in [0.1, 0.15) is 0 Å². The van der Waals surface area contributed by atoms with Crippen molar-refractivity contribution in [2.24, 2.45) is 5.10 Å². The van der Waals surface area contributed by atoms with Gasteiger partial charge in [-0.25, -0.2) is 4.79 Å². The quantitative estimate of drug-likeness (QED) is 0.182. The van der Waals surface area contributed by atoms with E-state index in [1.54, 1.807) is 11.8 Å². The maximum Gasteiger partial charge on any atom is 0.416 e. The smallest absolute Gasteiger partial charge is 0.416 e. The molecular formula is C25H23ClF3N3O2. The molecule has 0 unspecified atom stereocenters. The first-order valence-corrected chi connectivity index (χ1v) is 10.9. The second kappa shape index (κ2) is 11.6. The van der Waals surface area contributed by atoms with E-state index >= 15 is 0 Å². The van der Waals surface area contributed by atoms with Crippen LogP contribution >= 0.6 is 11.6 Å². The van der Waals surface area contributed by atoms with Crippen LogP contribution < -0.4 is 5.43 Å². The van der Waals surface area contributed by atoms with Crippen LogP contribution in [0.25, 0.3) is 0 Å². The number of hydrogen-bond donors (Lipinski definition) is 1. The largest absolute Gasteiger partial charge is 0.460 e. The highest BCUT2D eigenvalue weighted by Gasteiger charge is 2.31. The number of hydrazone groups is 1. The predicted octanol–water partition coefficient (Wildman–Crippen LogP) is 6.35. The van der Waals surface area contributed by atoms with Crippen LogP contribution in [-0.4, -0.2) is 23.3 Å². The third-order valence-corrected chi connectivity index (χ3v) is 5.10. The zero-order valence-electron chi connectivity index (χ0n) is 18.3. The van der Waals surface area contributed by atoms with Crippen LogP contribution in [0.1, 0.15) is 23.6 Å². The second-order valence-corrected chi connectivity index (χ2v) is 7.69. The first-order valence-electron chi connectivity index (χ1n) is 10.5. The minimum Gasteiger partial charge on any atom is -0.460 e. The minimum atomic E-state index is -4.55. The molecule has 5 nitrogen and oxygen atoms in total. The van der Waals surface area contributed by atoms with Crippen molar-refractivity contribution in [2.75, 3.05) is 12.0 Å². The van der Waals surface area contributed by atoms with Gasteiger partial charge < -0.3 is 9.64 Å². The van der Waals surface area contributed by atoms with Gasteiger partial charge >= 0.3 is 12.1 Å². The number of rotatable bonds is 7. The number of halogens is 4. The minimum absolute atomic E-state index is 0.0256. The Bertz CT molecular complexity index is 1080. The molecule has 0 saturated heterocycles. The average Bonchev–Trinajstić information content (AvgIpc) is 2.81. The lowest BCUT2D eigenvalue weighted by molar-refractivity contribution is -0.138. The number of carbonyl (C=O) groups is 1. The number of amidine groups is 1. The lowest BCUT2D eigenvalue weighted by Crippen LogP contribution is -2.37. The predicted molar refractivity (Wildman–Crippen MR) is 126 cm³/mol. The average molecular weight is 490 g/mol. The number of nitrogens with zero attached hydrogens (tertiary/aromatic N) is 2. The molecular weight excluding hydrogens is 467 g/mol. The fraction of sp³-hybridized carbons (Fsp3) is 0.200. The fourth-order valence-corrected chi connectivity index (χ4v) is 3.31. The summed E-state index contributed by atoms with van der Waals surface area (Å²) in [5.74, 6) is -0.812. The molecule has 0 aliphatic heterocycles. The molecule has 178 valence electrons.